The molecule has 0 nitrogen and oxygen atoms in total. The van der Waals surface area contributed by atoms with Gasteiger partial charge in [-0.05, 0) is 92.5 Å². The van der Waals surface area contributed by atoms with E-state index in [2.05, 4.69) is 204 Å². The summed E-state index contributed by atoms with van der Waals surface area (Å²) in [6.07, 6.45) is 0. The Hall–Kier alpha value is -4.38. The van der Waals surface area contributed by atoms with E-state index in [1.807, 2.05) is 0 Å². The molecule has 0 bridgehead atoms. The van der Waals surface area contributed by atoms with Gasteiger partial charge in [0.15, 0.2) is 0 Å². The van der Waals surface area contributed by atoms with Gasteiger partial charge in [-0.1, -0.05) is 192 Å². The van der Waals surface area contributed by atoms with Crippen molar-refractivity contribution in [3.05, 3.63) is 193 Å². The number of benzene rings is 8. The van der Waals surface area contributed by atoms with E-state index < -0.39 is 15.8 Å². The molecule has 8 rings (SSSR count). The van der Waals surface area contributed by atoms with Crippen molar-refractivity contribution in [2.24, 2.45) is 0 Å². The largest absolute Gasteiger partial charge is 0.0622 e. The maximum Gasteiger partial charge on any atom is 0.0181 e. The molecule has 0 saturated carbocycles. The molecule has 0 saturated heterocycles. The lowest BCUT2D eigenvalue weighted by atomic mass is 9.93. The quantitative estimate of drug-likeness (QED) is 0.145. The highest BCUT2D eigenvalue weighted by molar-refractivity contribution is 9.10. The zero-order chi connectivity index (χ0) is 31.6. The van der Waals surface area contributed by atoms with Gasteiger partial charge in [-0.2, -0.15) is 0 Å². The standard InChI is InChI=1S/C44H31BrP2/c45-34-27-28-40-33(31-34)26-30-42(47(37-20-9-3-10-21-37)38-22-11-4-12-23-38)44(40)43-39-24-14-13-15-32(39)25-29-41(43)46(35-16-5-1-6-17-35)36-18-7-2-8-19-36/h1-31H. The van der Waals surface area contributed by atoms with Gasteiger partial charge in [0.2, 0.25) is 0 Å². The van der Waals surface area contributed by atoms with E-state index in [4.69, 9.17) is 0 Å². The number of hydrogen-bond acceptors (Lipinski definition) is 0. The Labute approximate surface area is 287 Å². The third-order valence-corrected chi connectivity index (χ3v) is 14.1. The highest BCUT2D eigenvalue weighted by Crippen LogP contribution is 2.45. The van der Waals surface area contributed by atoms with Gasteiger partial charge < -0.3 is 0 Å². The van der Waals surface area contributed by atoms with Crippen molar-refractivity contribution in [3.8, 4) is 11.1 Å². The summed E-state index contributed by atoms with van der Waals surface area (Å²) < 4.78 is 1.09. The van der Waals surface area contributed by atoms with Gasteiger partial charge in [0.25, 0.3) is 0 Å². The number of halogens is 1. The Bertz CT molecular complexity index is 2230. The topological polar surface area (TPSA) is 0 Å². The molecule has 3 heteroatoms. The van der Waals surface area contributed by atoms with E-state index in [1.54, 1.807) is 0 Å². The van der Waals surface area contributed by atoms with Crippen LogP contribution in [0.1, 0.15) is 0 Å². The molecule has 0 aliphatic heterocycles. The van der Waals surface area contributed by atoms with Crippen LogP contribution in [0, 0.1) is 0 Å². The van der Waals surface area contributed by atoms with Crippen LogP contribution in [0.4, 0.5) is 0 Å². The fourth-order valence-corrected chi connectivity index (χ4v) is 11.9. The van der Waals surface area contributed by atoms with Crippen LogP contribution in [0.2, 0.25) is 0 Å². The van der Waals surface area contributed by atoms with Gasteiger partial charge in [-0.15, -0.1) is 0 Å². The Morgan fingerprint density at radius 1 is 0.319 bits per heavy atom. The number of rotatable bonds is 7. The summed E-state index contributed by atoms with van der Waals surface area (Å²) in [6, 6.07) is 69.6. The zero-order valence-corrected chi connectivity index (χ0v) is 29.0. The Morgan fingerprint density at radius 2 is 0.702 bits per heavy atom. The van der Waals surface area contributed by atoms with E-state index in [0.717, 1.165) is 4.47 Å². The first-order valence-electron chi connectivity index (χ1n) is 15.8. The number of fused-ring (bicyclic) bond motifs is 2. The predicted molar refractivity (Wildman–Crippen MR) is 212 cm³/mol. The highest BCUT2D eigenvalue weighted by atomic mass is 79.9. The van der Waals surface area contributed by atoms with Crippen molar-refractivity contribution in [2.75, 3.05) is 0 Å². The van der Waals surface area contributed by atoms with E-state index in [9.17, 15) is 0 Å². The fraction of sp³-hybridized carbons (Fsp3) is 0. The lowest BCUT2D eigenvalue weighted by Gasteiger charge is -2.28. The summed E-state index contributed by atoms with van der Waals surface area (Å²) in [4.78, 5) is 0. The van der Waals surface area contributed by atoms with Crippen LogP contribution in [0.25, 0.3) is 32.7 Å². The van der Waals surface area contributed by atoms with Crippen LogP contribution < -0.4 is 31.8 Å². The van der Waals surface area contributed by atoms with Crippen LogP contribution >= 0.6 is 31.8 Å². The molecule has 0 aliphatic carbocycles. The molecule has 224 valence electrons. The summed E-state index contributed by atoms with van der Waals surface area (Å²) in [5.74, 6) is 0. The van der Waals surface area contributed by atoms with Crippen LogP contribution in [0.15, 0.2) is 193 Å². The second-order valence-electron chi connectivity index (χ2n) is 11.5. The van der Waals surface area contributed by atoms with Gasteiger partial charge in [0.05, 0.1) is 0 Å². The lowest BCUT2D eigenvalue weighted by molar-refractivity contribution is 1.70. The smallest absolute Gasteiger partial charge is 0.0181 e. The second-order valence-corrected chi connectivity index (χ2v) is 16.8. The van der Waals surface area contributed by atoms with Gasteiger partial charge in [-0.3, -0.25) is 0 Å². The van der Waals surface area contributed by atoms with Crippen LogP contribution in [0.3, 0.4) is 0 Å². The maximum absolute atomic E-state index is 3.78. The van der Waals surface area contributed by atoms with Crippen molar-refractivity contribution >= 4 is 85.1 Å². The minimum Gasteiger partial charge on any atom is -0.0622 e. The molecule has 0 unspecified atom stereocenters. The predicted octanol–water partition coefficient (Wildman–Crippen LogP) is 9.94. The third-order valence-electron chi connectivity index (χ3n) is 8.66. The summed E-state index contributed by atoms with van der Waals surface area (Å²) >= 11 is 3.78. The molecule has 0 aromatic heterocycles. The minimum atomic E-state index is -0.871. The molecule has 8 aromatic rings. The molecule has 0 radical (unpaired) electrons. The first kappa shape index (κ1) is 30.0. The van der Waals surface area contributed by atoms with Gasteiger partial charge in [0.1, 0.15) is 0 Å². The van der Waals surface area contributed by atoms with Crippen LogP contribution in [0.5, 0.6) is 0 Å². The van der Waals surface area contributed by atoms with E-state index in [1.165, 1.54) is 64.5 Å². The molecule has 8 aromatic carbocycles. The number of hydrogen-bond donors (Lipinski definition) is 0. The summed E-state index contributed by atoms with van der Waals surface area (Å²) in [6.45, 7) is 0. The summed E-state index contributed by atoms with van der Waals surface area (Å²) in [5.41, 5.74) is 2.67. The second kappa shape index (κ2) is 13.4. The monoisotopic (exact) mass is 700 g/mol. The van der Waals surface area contributed by atoms with Crippen LogP contribution in [-0.4, -0.2) is 0 Å². The average molecular weight is 702 g/mol. The first-order chi connectivity index (χ1) is 23.3. The van der Waals surface area contributed by atoms with E-state index >= 15 is 0 Å². The SMILES string of the molecule is Brc1ccc2c(-c3c(P(c4ccccc4)c4ccccc4)ccc4ccccc34)c(P(c3ccccc3)c3ccccc3)ccc2c1. The fourth-order valence-electron chi connectivity index (χ4n) is 6.61. The van der Waals surface area contributed by atoms with Crippen molar-refractivity contribution in [3.63, 3.8) is 0 Å². The molecule has 0 aliphatic rings. The molecule has 0 heterocycles. The average Bonchev–Trinajstić information content (AvgIpc) is 3.14. The van der Waals surface area contributed by atoms with Crippen LogP contribution in [-0.2, 0) is 0 Å². The summed E-state index contributed by atoms with van der Waals surface area (Å²) in [7, 11) is -1.74. The Balaban J connectivity index is 1.54. The summed E-state index contributed by atoms with van der Waals surface area (Å²) in [5, 5.41) is 13.2. The lowest BCUT2D eigenvalue weighted by Crippen LogP contribution is -2.26. The molecule has 0 amide bonds. The minimum absolute atomic E-state index is 0.867. The molecular formula is C44H31BrP2. The van der Waals surface area contributed by atoms with Crippen molar-refractivity contribution in [1.82, 2.24) is 0 Å². The first-order valence-corrected chi connectivity index (χ1v) is 19.3. The molecule has 0 spiro atoms. The molecule has 47 heavy (non-hydrogen) atoms. The van der Waals surface area contributed by atoms with Crippen molar-refractivity contribution in [1.29, 1.82) is 0 Å². The maximum atomic E-state index is 3.78. The van der Waals surface area contributed by atoms with E-state index in [0.29, 0.717) is 0 Å². The van der Waals surface area contributed by atoms with Gasteiger partial charge >= 0.3 is 0 Å². The van der Waals surface area contributed by atoms with Gasteiger partial charge in [0, 0.05) is 4.47 Å². The third kappa shape index (κ3) is 5.86. The molecule has 0 fully saturated rings. The van der Waals surface area contributed by atoms with Crippen molar-refractivity contribution in [2.45, 2.75) is 0 Å². The normalized spacial score (nSPS) is 11.5. The Morgan fingerprint density at radius 3 is 1.17 bits per heavy atom. The highest BCUT2D eigenvalue weighted by Gasteiger charge is 2.28. The van der Waals surface area contributed by atoms with Crippen molar-refractivity contribution < 1.29 is 0 Å². The Kier molecular flexibility index (Phi) is 8.54. The van der Waals surface area contributed by atoms with Gasteiger partial charge in [-0.25, -0.2) is 0 Å². The van der Waals surface area contributed by atoms with E-state index in [-0.39, 0.29) is 0 Å². The molecule has 0 atom stereocenters. The molecular weight excluding hydrogens is 670 g/mol. The molecule has 0 N–H and O–H groups in total. The zero-order valence-electron chi connectivity index (χ0n) is 25.7.